The second kappa shape index (κ2) is 10.1. The Morgan fingerprint density at radius 1 is 1.00 bits per heavy atom. The van der Waals surface area contributed by atoms with Gasteiger partial charge in [-0.3, -0.25) is 9.78 Å². The Labute approximate surface area is 203 Å². The molecule has 1 amide bonds. The highest BCUT2D eigenvalue weighted by Crippen LogP contribution is 2.36. The van der Waals surface area contributed by atoms with Crippen molar-refractivity contribution in [3.63, 3.8) is 0 Å². The molecule has 0 unspecified atom stereocenters. The van der Waals surface area contributed by atoms with E-state index in [4.69, 9.17) is 4.98 Å². The first-order chi connectivity index (χ1) is 17.1. The number of fused-ring (bicyclic) bond motifs is 1. The molecule has 2 N–H and O–H groups in total. The zero-order chi connectivity index (χ0) is 24.2. The number of benzene rings is 2. The normalized spacial score (nSPS) is 14.2. The average molecular weight is 469 g/mol. The van der Waals surface area contributed by atoms with E-state index in [1.54, 1.807) is 24.5 Å². The molecule has 4 aromatic rings. The van der Waals surface area contributed by atoms with Crippen LogP contribution in [0.4, 0.5) is 0 Å². The van der Waals surface area contributed by atoms with Gasteiger partial charge in [-0.05, 0) is 61.2 Å². The molecule has 0 spiro atoms. The van der Waals surface area contributed by atoms with Crippen LogP contribution in [-0.4, -0.2) is 38.1 Å². The Bertz CT molecular complexity index is 1340. The molecule has 35 heavy (non-hydrogen) atoms. The first-order valence-corrected chi connectivity index (χ1v) is 12.1. The molecule has 7 heteroatoms. The van der Waals surface area contributed by atoms with Crippen molar-refractivity contribution >= 4 is 22.9 Å². The van der Waals surface area contributed by atoms with Crippen LogP contribution < -0.4 is 5.32 Å². The van der Waals surface area contributed by atoms with E-state index >= 15 is 0 Å². The minimum Gasteiger partial charge on any atom is -0.478 e. The third-order valence-electron chi connectivity index (χ3n) is 6.70. The molecular weight excluding hydrogens is 440 g/mol. The summed E-state index contributed by atoms with van der Waals surface area (Å²) in [4.78, 5) is 33.1. The molecule has 5 rings (SSSR count). The van der Waals surface area contributed by atoms with E-state index in [1.807, 2.05) is 42.5 Å². The summed E-state index contributed by atoms with van der Waals surface area (Å²) in [6, 6.07) is 16.9. The van der Waals surface area contributed by atoms with Crippen LogP contribution in [0.25, 0.3) is 22.4 Å². The molecule has 0 aliphatic heterocycles. The number of pyridine rings is 1. The Balaban J connectivity index is 1.40. The van der Waals surface area contributed by atoms with Crippen molar-refractivity contribution in [1.29, 1.82) is 0 Å². The Kier molecular flexibility index (Phi) is 6.57. The molecule has 1 aliphatic rings. The third-order valence-corrected chi connectivity index (χ3v) is 6.70. The number of hydrogen-bond acceptors (Lipinski definition) is 4. The maximum atomic E-state index is 12.6. The lowest BCUT2D eigenvalue weighted by atomic mass is 9.94. The minimum absolute atomic E-state index is 0.118. The Morgan fingerprint density at radius 2 is 1.77 bits per heavy atom. The highest BCUT2D eigenvalue weighted by Gasteiger charge is 2.23. The predicted octanol–water partition coefficient (Wildman–Crippen LogP) is 5.27. The van der Waals surface area contributed by atoms with Crippen LogP contribution >= 0.6 is 0 Å². The summed E-state index contributed by atoms with van der Waals surface area (Å²) in [5, 5.41) is 12.4. The Morgan fingerprint density at radius 3 is 2.49 bits per heavy atom. The van der Waals surface area contributed by atoms with Crippen LogP contribution in [0.2, 0.25) is 0 Å². The van der Waals surface area contributed by atoms with E-state index in [0.29, 0.717) is 23.7 Å². The molecule has 1 fully saturated rings. The van der Waals surface area contributed by atoms with Gasteiger partial charge >= 0.3 is 5.97 Å². The molecule has 178 valence electrons. The Hall–Kier alpha value is -4.00. The van der Waals surface area contributed by atoms with E-state index < -0.39 is 5.97 Å². The van der Waals surface area contributed by atoms with Crippen LogP contribution in [-0.2, 0) is 6.42 Å². The number of nitrogens with zero attached hydrogens (tertiary/aromatic N) is 3. The number of imidazole rings is 1. The number of carbonyl (C=O) groups is 2. The van der Waals surface area contributed by atoms with Crippen molar-refractivity contribution in [2.45, 2.75) is 44.6 Å². The van der Waals surface area contributed by atoms with Crippen LogP contribution in [0.5, 0.6) is 0 Å². The molecule has 2 heterocycles. The van der Waals surface area contributed by atoms with Crippen molar-refractivity contribution in [2.24, 2.45) is 0 Å². The quantitative estimate of drug-likeness (QED) is 0.385. The van der Waals surface area contributed by atoms with Crippen LogP contribution in [0.3, 0.4) is 0 Å². The molecule has 2 aromatic heterocycles. The van der Waals surface area contributed by atoms with Crippen LogP contribution in [0.15, 0.2) is 67.0 Å². The molecule has 1 saturated carbocycles. The second-order valence-electron chi connectivity index (χ2n) is 9.05. The van der Waals surface area contributed by atoms with E-state index in [1.165, 1.54) is 19.3 Å². The first-order valence-electron chi connectivity index (χ1n) is 12.1. The van der Waals surface area contributed by atoms with Gasteiger partial charge in [-0.25, -0.2) is 9.78 Å². The van der Waals surface area contributed by atoms with Gasteiger partial charge < -0.3 is 15.0 Å². The van der Waals surface area contributed by atoms with Crippen LogP contribution in [0.1, 0.15) is 64.4 Å². The highest BCUT2D eigenvalue weighted by atomic mass is 16.4. The summed E-state index contributed by atoms with van der Waals surface area (Å²) in [5.74, 6) is -0.259. The van der Waals surface area contributed by atoms with Crippen molar-refractivity contribution in [3.05, 3.63) is 83.7 Å². The molecule has 1 aliphatic carbocycles. The summed E-state index contributed by atoms with van der Waals surface area (Å²) in [6.07, 6.45) is 10.0. The summed E-state index contributed by atoms with van der Waals surface area (Å²) < 4.78 is 2.27. The average Bonchev–Trinajstić information content (AvgIpc) is 3.28. The number of hydrogen-bond donors (Lipinski definition) is 2. The molecule has 7 nitrogen and oxygen atoms in total. The standard InChI is InChI=1S/C28H28N4O3/c33-27(30-16-14-19-5-4-15-29-18-19)21-10-8-20(9-11-21)26-31-24-17-22(28(34)35)12-13-25(24)32(26)23-6-2-1-3-7-23/h4-5,8-13,15,17-18,23H,1-3,6-7,14,16H2,(H,30,33)(H,34,35). The van der Waals surface area contributed by atoms with Gasteiger partial charge in [-0.1, -0.05) is 37.5 Å². The number of aromatic nitrogens is 3. The summed E-state index contributed by atoms with van der Waals surface area (Å²) in [6.45, 7) is 0.537. The SMILES string of the molecule is O=C(O)c1ccc2c(c1)nc(-c1ccc(C(=O)NCCc3cccnc3)cc1)n2C1CCCCC1. The molecule has 0 radical (unpaired) electrons. The lowest BCUT2D eigenvalue weighted by molar-refractivity contribution is 0.0696. The predicted molar refractivity (Wildman–Crippen MR) is 135 cm³/mol. The summed E-state index contributed by atoms with van der Waals surface area (Å²) in [7, 11) is 0. The monoisotopic (exact) mass is 468 g/mol. The fourth-order valence-corrected chi connectivity index (χ4v) is 4.88. The van der Waals surface area contributed by atoms with E-state index in [0.717, 1.165) is 41.7 Å². The number of nitrogens with one attached hydrogen (secondary N) is 1. The molecule has 0 bridgehead atoms. The van der Waals surface area contributed by atoms with E-state index in [-0.39, 0.29) is 11.5 Å². The number of amides is 1. The second-order valence-corrected chi connectivity index (χ2v) is 9.05. The lowest BCUT2D eigenvalue weighted by Gasteiger charge is -2.25. The molecular formula is C28H28N4O3. The topological polar surface area (TPSA) is 97.1 Å². The maximum Gasteiger partial charge on any atom is 0.335 e. The summed E-state index contributed by atoms with van der Waals surface area (Å²) in [5.41, 5.74) is 4.45. The van der Waals surface area contributed by atoms with Crippen molar-refractivity contribution < 1.29 is 14.7 Å². The van der Waals surface area contributed by atoms with Gasteiger partial charge in [0.05, 0.1) is 16.6 Å². The number of carboxylic acid groups (broad SMARTS) is 1. The smallest absolute Gasteiger partial charge is 0.335 e. The van der Waals surface area contributed by atoms with Gasteiger partial charge in [-0.2, -0.15) is 0 Å². The van der Waals surface area contributed by atoms with Gasteiger partial charge in [0.15, 0.2) is 0 Å². The van der Waals surface area contributed by atoms with Gasteiger partial charge in [0, 0.05) is 36.1 Å². The number of carbonyl (C=O) groups excluding carboxylic acids is 1. The zero-order valence-corrected chi connectivity index (χ0v) is 19.5. The molecule has 0 atom stereocenters. The first kappa shape index (κ1) is 22.8. The zero-order valence-electron chi connectivity index (χ0n) is 19.5. The van der Waals surface area contributed by atoms with Gasteiger partial charge in [0.25, 0.3) is 5.91 Å². The highest BCUT2D eigenvalue weighted by molar-refractivity contribution is 5.95. The largest absolute Gasteiger partial charge is 0.478 e. The molecule has 2 aromatic carbocycles. The van der Waals surface area contributed by atoms with E-state index in [2.05, 4.69) is 14.9 Å². The van der Waals surface area contributed by atoms with Gasteiger partial charge in [0.2, 0.25) is 0 Å². The van der Waals surface area contributed by atoms with Gasteiger partial charge in [0.1, 0.15) is 5.82 Å². The van der Waals surface area contributed by atoms with Gasteiger partial charge in [-0.15, -0.1) is 0 Å². The fourth-order valence-electron chi connectivity index (χ4n) is 4.88. The number of rotatable bonds is 7. The maximum absolute atomic E-state index is 12.6. The van der Waals surface area contributed by atoms with Crippen molar-refractivity contribution in [3.8, 4) is 11.4 Å². The molecule has 0 saturated heterocycles. The van der Waals surface area contributed by atoms with Crippen molar-refractivity contribution in [1.82, 2.24) is 19.9 Å². The van der Waals surface area contributed by atoms with Crippen molar-refractivity contribution in [2.75, 3.05) is 6.54 Å². The van der Waals surface area contributed by atoms with Crippen LogP contribution in [0, 0.1) is 0 Å². The lowest BCUT2D eigenvalue weighted by Crippen LogP contribution is -2.25. The fraction of sp³-hybridized carbons (Fsp3) is 0.286. The number of aromatic carboxylic acids is 1. The summed E-state index contributed by atoms with van der Waals surface area (Å²) >= 11 is 0. The number of carboxylic acids is 1. The minimum atomic E-state index is -0.959. The van der Waals surface area contributed by atoms with E-state index in [9.17, 15) is 14.7 Å². The third kappa shape index (κ3) is 4.94.